The molecular weight excluding hydrogens is 494 g/mol. The van der Waals surface area contributed by atoms with E-state index >= 15 is 0 Å². The van der Waals surface area contributed by atoms with Gasteiger partial charge in [-0.1, -0.05) is 29.8 Å². The molecule has 0 bridgehead atoms. The Morgan fingerprint density at radius 3 is 2.81 bits per heavy atom. The van der Waals surface area contributed by atoms with Gasteiger partial charge in [0.15, 0.2) is 0 Å². The van der Waals surface area contributed by atoms with Gasteiger partial charge in [0.1, 0.15) is 11.3 Å². The Labute approximate surface area is 218 Å². The molecule has 2 aliphatic rings. The number of furan rings is 1. The number of benzene rings is 2. The van der Waals surface area contributed by atoms with Gasteiger partial charge in [-0.3, -0.25) is 9.59 Å². The summed E-state index contributed by atoms with van der Waals surface area (Å²) in [7, 11) is 0. The average Bonchev–Trinajstić information content (AvgIpc) is 3.46. The number of aromatic nitrogens is 1. The van der Waals surface area contributed by atoms with Gasteiger partial charge in [-0.05, 0) is 68.0 Å². The molecule has 36 heavy (non-hydrogen) atoms. The van der Waals surface area contributed by atoms with Gasteiger partial charge in [0, 0.05) is 35.5 Å². The lowest BCUT2D eigenvalue weighted by atomic mass is 10.0. The fourth-order valence-electron chi connectivity index (χ4n) is 4.93. The second kappa shape index (κ2) is 9.71. The highest BCUT2D eigenvalue weighted by Crippen LogP contribution is 2.45. The molecule has 2 aromatic carbocycles. The Bertz CT molecular complexity index is 1440. The third kappa shape index (κ3) is 4.53. The van der Waals surface area contributed by atoms with Crippen molar-refractivity contribution in [2.75, 3.05) is 13.1 Å². The van der Waals surface area contributed by atoms with Crippen LogP contribution in [0.2, 0.25) is 5.02 Å². The van der Waals surface area contributed by atoms with Crippen molar-refractivity contribution >= 4 is 45.7 Å². The first-order chi connectivity index (χ1) is 17.6. The highest BCUT2D eigenvalue weighted by molar-refractivity contribution is 7.15. The summed E-state index contributed by atoms with van der Waals surface area (Å²) >= 11 is 7.88. The molecule has 0 spiro atoms. The first kappa shape index (κ1) is 23.3. The number of carbonyl (C=O) groups is 2. The number of nitrogens with zero attached hydrogens (tertiary/aromatic N) is 2. The minimum Gasteiger partial charge on any atom is -0.464 e. The van der Waals surface area contributed by atoms with Crippen LogP contribution in [0.25, 0.3) is 21.4 Å². The van der Waals surface area contributed by atoms with Crippen LogP contribution >= 0.6 is 22.9 Å². The molecule has 2 aromatic heterocycles. The second-order valence-electron chi connectivity index (χ2n) is 9.51. The van der Waals surface area contributed by atoms with E-state index in [1.54, 1.807) is 29.7 Å². The number of piperidine rings is 1. The van der Waals surface area contributed by atoms with Crippen molar-refractivity contribution in [2.45, 2.75) is 44.1 Å². The molecule has 8 heteroatoms. The highest BCUT2D eigenvalue weighted by Gasteiger charge is 2.34. The molecule has 3 heterocycles. The second-order valence-corrected chi connectivity index (χ2v) is 11.0. The molecule has 184 valence electrons. The molecule has 1 aliphatic heterocycles. The Morgan fingerprint density at radius 2 is 1.97 bits per heavy atom. The molecule has 1 saturated carbocycles. The lowest BCUT2D eigenvalue weighted by Gasteiger charge is -2.35. The number of carbonyl (C=O) groups excluding carboxylic acids is 2. The fourth-order valence-corrected chi connectivity index (χ4v) is 6.34. The molecule has 2 amide bonds. The van der Waals surface area contributed by atoms with E-state index in [0.29, 0.717) is 40.9 Å². The van der Waals surface area contributed by atoms with Crippen molar-refractivity contribution in [3.63, 3.8) is 0 Å². The monoisotopic (exact) mass is 519 g/mol. The van der Waals surface area contributed by atoms with Gasteiger partial charge in [-0.2, -0.15) is 0 Å². The predicted molar refractivity (Wildman–Crippen MR) is 142 cm³/mol. The molecule has 1 N–H and O–H groups in total. The van der Waals surface area contributed by atoms with Crippen LogP contribution in [0.5, 0.6) is 0 Å². The molecular formula is C28H26ClN3O3S. The maximum Gasteiger partial charge on any atom is 0.274 e. The quantitative estimate of drug-likeness (QED) is 0.315. The standard InChI is InChI=1S/C28H26ClN3O3S/c29-19-6-3-5-18(15-19)25-24(31-27(36-25)17-10-11-17)28(34)32-13-2-1-7-20(32)16-30-26(33)22-8-4-9-23-21(22)12-14-35-23/h3-6,8-9,12,14-15,17,20H,1-2,7,10-11,13,16H2,(H,30,33)/t20-/m0/s1. The maximum atomic E-state index is 13.9. The number of hydrogen-bond acceptors (Lipinski definition) is 5. The zero-order valence-electron chi connectivity index (χ0n) is 19.7. The average molecular weight is 520 g/mol. The number of nitrogens with one attached hydrogen (secondary N) is 1. The van der Waals surface area contributed by atoms with Crippen LogP contribution in [0.1, 0.15) is 63.9 Å². The predicted octanol–water partition coefficient (Wildman–Crippen LogP) is 6.51. The van der Waals surface area contributed by atoms with E-state index in [0.717, 1.165) is 52.9 Å². The van der Waals surface area contributed by atoms with Gasteiger partial charge in [-0.15, -0.1) is 11.3 Å². The number of rotatable bonds is 6. The zero-order valence-corrected chi connectivity index (χ0v) is 21.3. The number of halogens is 1. The molecule has 1 atom stereocenters. The Kier molecular flexibility index (Phi) is 6.27. The van der Waals surface area contributed by atoms with Crippen LogP contribution in [0, 0.1) is 0 Å². The number of likely N-dealkylation sites (tertiary alicyclic amines) is 1. The first-order valence-corrected chi connectivity index (χ1v) is 13.6. The summed E-state index contributed by atoms with van der Waals surface area (Å²) in [5, 5.41) is 5.52. The fraction of sp³-hybridized carbons (Fsp3) is 0.321. The van der Waals surface area contributed by atoms with Crippen LogP contribution in [0.4, 0.5) is 0 Å². The van der Waals surface area contributed by atoms with Crippen molar-refractivity contribution in [1.29, 1.82) is 0 Å². The summed E-state index contributed by atoms with van der Waals surface area (Å²) in [5.74, 6) is 0.227. The topological polar surface area (TPSA) is 75.4 Å². The molecule has 6 rings (SSSR count). The van der Waals surface area contributed by atoms with Gasteiger partial charge < -0.3 is 14.6 Å². The third-order valence-corrected chi connectivity index (χ3v) is 8.49. The Hall–Kier alpha value is -3.16. The van der Waals surface area contributed by atoms with E-state index in [1.165, 1.54) is 0 Å². The lowest BCUT2D eigenvalue weighted by Crippen LogP contribution is -2.49. The largest absolute Gasteiger partial charge is 0.464 e. The normalized spacial score (nSPS) is 17.9. The summed E-state index contributed by atoms with van der Waals surface area (Å²) in [6, 6.07) is 14.8. The van der Waals surface area contributed by atoms with Crippen molar-refractivity contribution in [3.05, 3.63) is 76.1 Å². The third-order valence-electron chi connectivity index (χ3n) is 6.99. The molecule has 4 aromatic rings. The van der Waals surface area contributed by atoms with Crippen molar-refractivity contribution in [3.8, 4) is 10.4 Å². The van der Waals surface area contributed by atoms with Gasteiger partial charge >= 0.3 is 0 Å². The van der Waals surface area contributed by atoms with Crippen LogP contribution in [-0.2, 0) is 0 Å². The summed E-state index contributed by atoms with van der Waals surface area (Å²) in [6.07, 6.45) is 6.64. The molecule has 6 nitrogen and oxygen atoms in total. The minimum absolute atomic E-state index is 0.0657. The van der Waals surface area contributed by atoms with Crippen LogP contribution in [0.3, 0.4) is 0 Å². The van der Waals surface area contributed by atoms with E-state index in [4.69, 9.17) is 21.0 Å². The van der Waals surface area contributed by atoms with E-state index in [2.05, 4.69) is 5.32 Å². The van der Waals surface area contributed by atoms with Gasteiger partial charge in [0.25, 0.3) is 11.8 Å². The molecule has 1 aliphatic carbocycles. The molecule has 0 radical (unpaired) electrons. The van der Waals surface area contributed by atoms with Crippen LogP contribution in [0.15, 0.2) is 59.2 Å². The zero-order chi connectivity index (χ0) is 24.6. The number of thiazole rings is 1. The SMILES string of the molecule is O=C(NC[C@@H]1CCCCN1C(=O)c1nc(C2CC2)sc1-c1cccc(Cl)c1)c1cccc2occc12. The first-order valence-electron chi connectivity index (χ1n) is 12.4. The summed E-state index contributed by atoms with van der Waals surface area (Å²) in [6.45, 7) is 1.05. The van der Waals surface area contributed by atoms with E-state index in [-0.39, 0.29) is 17.9 Å². The van der Waals surface area contributed by atoms with E-state index < -0.39 is 0 Å². The summed E-state index contributed by atoms with van der Waals surface area (Å²) < 4.78 is 5.43. The highest BCUT2D eigenvalue weighted by atomic mass is 35.5. The summed E-state index contributed by atoms with van der Waals surface area (Å²) in [5.41, 5.74) is 2.68. The van der Waals surface area contributed by atoms with E-state index in [9.17, 15) is 9.59 Å². The van der Waals surface area contributed by atoms with Gasteiger partial charge in [0.05, 0.1) is 21.7 Å². The molecule has 2 fully saturated rings. The lowest BCUT2D eigenvalue weighted by molar-refractivity contribution is 0.0598. The Morgan fingerprint density at radius 1 is 1.11 bits per heavy atom. The number of amides is 2. The Balaban J connectivity index is 1.24. The summed E-state index contributed by atoms with van der Waals surface area (Å²) in [4.78, 5) is 34.6. The number of hydrogen-bond donors (Lipinski definition) is 1. The van der Waals surface area contributed by atoms with E-state index in [1.807, 2.05) is 41.3 Å². The van der Waals surface area contributed by atoms with Crippen LogP contribution < -0.4 is 5.32 Å². The van der Waals surface area contributed by atoms with Crippen molar-refractivity contribution < 1.29 is 14.0 Å². The molecule has 1 saturated heterocycles. The van der Waals surface area contributed by atoms with Crippen molar-refractivity contribution in [1.82, 2.24) is 15.2 Å². The van der Waals surface area contributed by atoms with Gasteiger partial charge in [-0.25, -0.2) is 4.98 Å². The smallest absolute Gasteiger partial charge is 0.274 e. The minimum atomic E-state index is -0.163. The van der Waals surface area contributed by atoms with Crippen LogP contribution in [-0.4, -0.2) is 40.8 Å². The maximum absolute atomic E-state index is 13.9. The molecule has 0 unspecified atom stereocenters. The number of fused-ring (bicyclic) bond motifs is 1. The van der Waals surface area contributed by atoms with Crippen molar-refractivity contribution in [2.24, 2.45) is 0 Å². The van der Waals surface area contributed by atoms with Gasteiger partial charge in [0.2, 0.25) is 0 Å².